The monoisotopic (exact) mass is 595 g/mol. The van der Waals surface area contributed by atoms with E-state index in [4.69, 9.17) is 34.8 Å². The van der Waals surface area contributed by atoms with Crippen molar-refractivity contribution in [3.63, 3.8) is 0 Å². The van der Waals surface area contributed by atoms with Gasteiger partial charge in [-0.25, -0.2) is 8.42 Å². The van der Waals surface area contributed by atoms with E-state index in [0.29, 0.717) is 32.9 Å². The van der Waals surface area contributed by atoms with Gasteiger partial charge < -0.3 is 10.2 Å². The third-order valence-electron chi connectivity index (χ3n) is 5.86. The number of sulfonamides is 1. The fourth-order valence-corrected chi connectivity index (χ4v) is 5.57. The number of carbonyl (C=O) groups excluding carboxylic acids is 2. The number of likely N-dealkylation sites (N-methyl/N-ethyl adjacent to an activating group) is 1. The summed E-state index contributed by atoms with van der Waals surface area (Å²) in [7, 11) is -4.17. The fourth-order valence-electron chi connectivity index (χ4n) is 3.71. The summed E-state index contributed by atoms with van der Waals surface area (Å²) in [6.07, 6.45) is 0. The second kappa shape index (κ2) is 12.8. The molecule has 0 aliphatic heterocycles. The van der Waals surface area contributed by atoms with Crippen molar-refractivity contribution in [2.24, 2.45) is 0 Å². The standard InChI is InChI=1S/C27H28Cl3N3O4S/c1-4-31-27(35)19(3)32(16-20-7-14-24(29)25(30)15-20)26(34)17-33(22-10-5-18(2)6-11-22)38(36,37)23-12-8-21(28)9-13-23/h5-15,19H,4,16-17H2,1-3H3,(H,31,35)/t19-/m1/s1. The smallest absolute Gasteiger partial charge is 0.264 e. The van der Waals surface area contributed by atoms with Crippen molar-refractivity contribution >= 4 is 62.3 Å². The third-order valence-corrected chi connectivity index (χ3v) is 8.64. The summed E-state index contributed by atoms with van der Waals surface area (Å²) in [5.74, 6) is -0.948. The number of hydrogen-bond donors (Lipinski definition) is 1. The van der Waals surface area contributed by atoms with Gasteiger partial charge in [0.15, 0.2) is 0 Å². The first kappa shape index (κ1) is 29.8. The maximum atomic E-state index is 13.8. The molecule has 3 rings (SSSR count). The van der Waals surface area contributed by atoms with Crippen LogP contribution in [0.5, 0.6) is 0 Å². The Morgan fingerprint density at radius 2 is 1.55 bits per heavy atom. The molecule has 0 bridgehead atoms. The molecule has 0 saturated carbocycles. The molecule has 7 nitrogen and oxygen atoms in total. The van der Waals surface area contributed by atoms with E-state index in [0.717, 1.165) is 9.87 Å². The molecule has 0 aliphatic rings. The summed E-state index contributed by atoms with van der Waals surface area (Å²) in [5.41, 5.74) is 1.86. The second-order valence-corrected chi connectivity index (χ2v) is 11.8. The molecule has 1 N–H and O–H groups in total. The van der Waals surface area contributed by atoms with Crippen LogP contribution in [0.25, 0.3) is 0 Å². The average molecular weight is 597 g/mol. The van der Waals surface area contributed by atoms with E-state index in [1.54, 1.807) is 56.3 Å². The lowest BCUT2D eigenvalue weighted by Crippen LogP contribution is -2.51. The van der Waals surface area contributed by atoms with E-state index in [2.05, 4.69) is 5.32 Å². The van der Waals surface area contributed by atoms with Crippen LogP contribution in [-0.4, -0.2) is 44.3 Å². The molecular weight excluding hydrogens is 569 g/mol. The highest BCUT2D eigenvalue weighted by atomic mass is 35.5. The van der Waals surface area contributed by atoms with Crippen LogP contribution >= 0.6 is 34.8 Å². The Hall–Kier alpha value is -2.78. The van der Waals surface area contributed by atoms with Crippen molar-refractivity contribution in [2.75, 3.05) is 17.4 Å². The topological polar surface area (TPSA) is 86.8 Å². The number of carbonyl (C=O) groups is 2. The normalized spacial score (nSPS) is 12.1. The fraction of sp³-hybridized carbons (Fsp3) is 0.259. The van der Waals surface area contributed by atoms with Crippen LogP contribution < -0.4 is 9.62 Å². The highest BCUT2D eigenvalue weighted by Gasteiger charge is 2.32. The molecule has 202 valence electrons. The molecule has 0 saturated heterocycles. The quantitative estimate of drug-likeness (QED) is 0.325. The molecule has 3 aromatic carbocycles. The summed E-state index contributed by atoms with van der Waals surface area (Å²) >= 11 is 18.2. The van der Waals surface area contributed by atoms with Crippen molar-refractivity contribution < 1.29 is 18.0 Å². The van der Waals surface area contributed by atoms with Gasteiger partial charge in [-0.2, -0.15) is 0 Å². The van der Waals surface area contributed by atoms with Gasteiger partial charge in [-0.3, -0.25) is 13.9 Å². The second-order valence-electron chi connectivity index (χ2n) is 8.64. The number of nitrogens with one attached hydrogen (secondary N) is 1. The predicted molar refractivity (Wildman–Crippen MR) is 152 cm³/mol. The van der Waals surface area contributed by atoms with Gasteiger partial charge in [0.1, 0.15) is 12.6 Å². The molecule has 11 heteroatoms. The van der Waals surface area contributed by atoms with Crippen molar-refractivity contribution in [3.8, 4) is 0 Å². The zero-order valence-corrected chi connectivity index (χ0v) is 24.2. The number of nitrogens with zero attached hydrogens (tertiary/aromatic N) is 2. The van der Waals surface area contributed by atoms with Crippen LogP contribution in [0, 0.1) is 6.92 Å². The minimum Gasteiger partial charge on any atom is -0.355 e. The maximum Gasteiger partial charge on any atom is 0.264 e. The van der Waals surface area contributed by atoms with E-state index >= 15 is 0 Å². The average Bonchev–Trinajstić information content (AvgIpc) is 2.88. The van der Waals surface area contributed by atoms with Crippen LogP contribution in [0.2, 0.25) is 15.1 Å². The molecule has 2 amide bonds. The highest BCUT2D eigenvalue weighted by molar-refractivity contribution is 7.92. The van der Waals surface area contributed by atoms with Gasteiger partial charge in [-0.15, -0.1) is 0 Å². The van der Waals surface area contributed by atoms with E-state index < -0.39 is 28.5 Å². The van der Waals surface area contributed by atoms with Crippen LogP contribution in [0.15, 0.2) is 71.6 Å². The largest absolute Gasteiger partial charge is 0.355 e. The minimum atomic E-state index is -4.17. The first-order valence-corrected chi connectivity index (χ1v) is 14.4. The summed E-state index contributed by atoms with van der Waals surface area (Å²) in [6.45, 7) is 5.08. The lowest BCUT2D eigenvalue weighted by Gasteiger charge is -2.32. The summed E-state index contributed by atoms with van der Waals surface area (Å²) in [4.78, 5) is 27.8. The van der Waals surface area contributed by atoms with E-state index in [-0.39, 0.29) is 17.3 Å². The number of rotatable bonds is 10. The highest BCUT2D eigenvalue weighted by Crippen LogP contribution is 2.27. The van der Waals surface area contributed by atoms with Gasteiger partial charge >= 0.3 is 0 Å². The Labute approximate surface area is 238 Å². The number of benzene rings is 3. The van der Waals surface area contributed by atoms with Crippen LogP contribution in [0.1, 0.15) is 25.0 Å². The third kappa shape index (κ3) is 7.20. The van der Waals surface area contributed by atoms with E-state index in [1.165, 1.54) is 29.2 Å². The lowest BCUT2D eigenvalue weighted by atomic mass is 10.1. The molecule has 0 fully saturated rings. The molecule has 38 heavy (non-hydrogen) atoms. The zero-order valence-electron chi connectivity index (χ0n) is 21.1. The van der Waals surface area contributed by atoms with Gasteiger partial charge in [0.2, 0.25) is 11.8 Å². The first-order chi connectivity index (χ1) is 17.9. The van der Waals surface area contributed by atoms with Crippen LogP contribution in [0.3, 0.4) is 0 Å². The zero-order chi connectivity index (χ0) is 28.0. The molecule has 0 aliphatic carbocycles. The summed E-state index contributed by atoms with van der Waals surface area (Å²) in [6, 6.07) is 16.5. The van der Waals surface area contributed by atoms with Crippen molar-refractivity contribution in [1.82, 2.24) is 10.2 Å². The van der Waals surface area contributed by atoms with Gasteiger partial charge in [0.05, 0.1) is 20.6 Å². The predicted octanol–water partition coefficient (Wildman–Crippen LogP) is 5.70. The summed E-state index contributed by atoms with van der Waals surface area (Å²) in [5, 5.41) is 3.75. The van der Waals surface area contributed by atoms with Crippen LogP contribution in [-0.2, 0) is 26.2 Å². The molecule has 0 heterocycles. The molecular formula is C27H28Cl3N3O4S. The molecule has 0 spiro atoms. The van der Waals surface area contributed by atoms with Gasteiger partial charge in [0.25, 0.3) is 10.0 Å². The minimum absolute atomic E-state index is 0.0107. The molecule has 3 aromatic rings. The number of hydrogen-bond acceptors (Lipinski definition) is 4. The molecule has 0 unspecified atom stereocenters. The Kier molecular flexibility index (Phi) is 10.1. The number of anilines is 1. The van der Waals surface area contributed by atoms with Gasteiger partial charge in [-0.05, 0) is 74.9 Å². The molecule has 1 atom stereocenters. The van der Waals surface area contributed by atoms with Crippen molar-refractivity contribution in [1.29, 1.82) is 0 Å². The Morgan fingerprint density at radius 1 is 0.921 bits per heavy atom. The Morgan fingerprint density at radius 3 is 2.13 bits per heavy atom. The van der Waals surface area contributed by atoms with E-state index in [9.17, 15) is 18.0 Å². The summed E-state index contributed by atoms with van der Waals surface area (Å²) < 4.78 is 28.5. The van der Waals surface area contributed by atoms with E-state index in [1.807, 2.05) is 6.92 Å². The lowest BCUT2D eigenvalue weighted by molar-refractivity contribution is -0.139. The molecule has 0 aromatic heterocycles. The Balaban J connectivity index is 2.03. The van der Waals surface area contributed by atoms with Crippen molar-refractivity contribution in [2.45, 2.75) is 38.3 Å². The first-order valence-electron chi connectivity index (χ1n) is 11.8. The number of halogens is 3. The molecule has 0 radical (unpaired) electrons. The SMILES string of the molecule is CCNC(=O)[C@@H](C)N(Cc1ccc(Cl)c(Cl)c1)C(=O)CN(c1ccc(C)cc1)S(=O)(=O)c1ccc(Cl)cc1. The number of aryl methyl sites for hydroxylation is 1. The van der Waals surface area contributed by atoms with Crippen LogP contribution in [0.4, 0.5) is 5.69 Å². The van der Waals surface area contributed by atoms with Gasteiger partial charge in [-0.1, -0.05) is 58.6 Å². The maximum absolute atomic E-state index is 13.8. The van der Waals surface area contributed by atoms with Crippen molar-refractivity contribution in [3.05, 3.63) is 92.9 Å². The van der Waals surface area contributed by atoms with Gasteiger partial charge in [0, 0.05) is 18.1 Å². The number of amides is 2. The Bertz CT molecular complexity index is 1400.